The van der Waals surface area contributed by atoms with Crippen molar-refractivity contribution in [3.05, 3.63) is 28.2 Å². The molecule has 1 aliphatic rings. The fraction of sp³-hybridized carbons (Fsp3) is 0.455. The average molecular weight is 309 g/mol. The number of rotatable bonds is 3. The van der Waals surface area contributed by atoms with Gasteiger partial charge in [0, 0.05) is 23.1 Å². The zero-order chi connectivity index (χ0) is 13.3. The lowest BCUT2D eigenvalue weighted by Crippen LogP contribution is -2.30. The fourth-order valence-corrected chi connectivity index (χ4v) is 4.29. The summed E-state index contributed by atoms with van der Waals surface area (Å²) in [7, 11) is -3.52. The van der Waals surface area contributed by atoms with Crippen molar-refractivity contribution in [2.75, 3.05) is 19.6 Å². The molecule has 0 saturated carbocycles. The summed E-state index contributed by atoms with van der Waals surface area (Å²) < 4.78 is 26.2. The second-order valence-electron chi connectivity index (χ2n) is 4.36. The Kier molecular flexibility index (Phi) is 4.18. The number of nitrogens with two attached hydrogens (primary N) is 1. The monoisotopic (exact) mass is 308 g/mol. The zero-order valence-corrected chi connectivity index (χ0v) is 12.0. The van der Waals surface area contributed by atoms with E-state index in [0.29, 0.717) is 29.7 Å². The van der Waals surface area contributed by atoms with Gasteiger partial charge >= 0.3 is 0 Å². The first kappa shape index (κ1) is 14.1. The molecule has 4 nitrogen and oxygen atoms in total. The van der Waals surface area contributed by atoms with E-state index in [0.717, 1.165) is 6.42 Å². The third-order valence-corrected chi connectivity index (χ3v) is 5.34. The topological polar surface area (TPSA) is 63.4 Å². The number of hydrogen-bond donors (Lipinski definition) is 1. The number of hydrogen-bond acceptors (Lipinski definition) is 3. The molecule has 2 N–H and O–H groups in total. The summed E-state index contributed by atoms with van der Waals surface area (Å²) in [5.41, 5.74) is 5.56. The summed E-state index contributed by atoms with van der Waals surface area (Å²) in [5.74, 6) is 0.231. The van der Waals surface area contributed by atoms with Gasteiger partial charge in [-0.05, 0) is 37.1 Å². The Morgan fingerprint density at radius 2 is 1.89 bits per heavy atom. The third kappa shape index (κ3) is 2.81. The smallest absolute Gasteiger partial charge is 0.243 e. The highest BCUT2D eigenvalue weighted by Gasteiger charge is 2.32. The van der Waals surface area contributed by atoms with E-state index in [1.807, 2.05) is 0 Å². The molecule has 1 fully saturated rings. The van der Waals surface area contributed by atoms with E-state index in [1.54, 1.807) is 0 Å². The number of benzene rings is 1. The van der Waals surface area contributed by atoms with Crippen LogP contribution in [0.4, 0.5) is 0 Å². The van der Waals surface area contributed by atoms with E-state index in [4.69, 9.17) is 28.9 Å². The molecule has 0 aromatic heterocycles. The number of nitrogens with zero attached hydrogens (tertiary/aromatic N) is 1. The van der Waals surface area contributed by atoms with Crippen LogP contribution in [0.25, 0.3) is 0 Å². The largest absolute Gasteiger partial charge is 0.330 e. The Morgan fingerprint density at radius 1 is 1.28 bits per heavy atom. The van der Waals surface area contributed by atoms with Crippen LogP contribution in [0.3, 0.4) is 0 Å². The lowest BCUT2D eigenvalue weighted by molar-refractivity contribution is 0.459. The molecule has 7 heteroatoms. The Bertz CT molecular complexity index is 528. The minimum absolute atomic E-state index is 0.137. The molecular formula is C11H14Cl2N2O2S. The van der Waals surface area contributed by atoms with Crippen molar-refractivity contribution in [3.63, 3.8) is 0 Å². The normalized spacial score (nSPS) is 21.4. The van der Waals surface area contributed by atoms with Gasteiger partial charge < -0.3 is 5.73 Å². The van der Waals surface area contributed by atoms with Gasteiger partial charge in [-0.1, -0.05) is 23.2 Å². The number of sulfonamides is 1. The second kappa shape index (κ2) is 5.35. The van der Waals surface area contributed by atoms with Gasteiger partial charge in [0.2, 0.25) is 10.0 Å². The summed E-state index contributed by atoms with van der Waals surface area (Å²) >= 11 is 11.7. The van der Waals surface area contributed by atoms with E-state index >= 15 is 0 Å². The molecule has 0 unspecified atom stereocenters. The molecule has 100 valence electrons. The summed E-state index contributed by atoms with van der Waals surface area (Å²) in [5, 5.41) is 0.631. The van der Waals surface area contributed by atoms with Gasteiger partial charge in [-0.3, -0.25) is 0 Å². The molecule has 2 rings (SSSR count). The second-order valence-corrected chi connectivity index (χ2v) is 7.17. The predicted octanol–water partition coefficient (Wildman–Crippen LogP) is 1.96. The highest BCUT2D eigenvalue weighted by atomic mass is 35.5. The predicted molar refractivity (Wildman–Crippen MR) is 72.4 cm³/mol. The molecule has 1 heterocycles. The Hall–Kier alpha value is -0.330. The van der Waals surface area contributed by atoms with Crippen LogP contribution in [0, 0.1) is 5.92 Å². The molecule has 0 spiro atoms. The lowest BCUT2D eigenvalue weighted by Gasteiger charge is -2.16. The van der Waals surface area contributed by atoms with Crippen LogP contribution in [0.5, 0.6) is 0 Å². The van der Waals surface area contributed by atoms with Crippen molar-refractivity contribution < 1.29 is 8.42 Å². The molecule has 1 aromatic rings. The molecule has 0 bridgehead atoms. The average Bonchev–Trinajstić information content (AvgIpc) is 2.76. The molecule has 1 atom stereocenters. The maximum atomic E-state index is 12.4. The van der Waals surface area contributed by atoms with Crippen LogP contribution in [0.15, 0.2) is 23.1 Å². The Morgan fingerprint density at radius 3 is 2.39 bits per heavy atom. The van der Waals surface area contributed by atoms with Gasteiger partial charge in [0.15, 0.2) is 0 Å². The Labute approximate surface area is 117 Å². The summed E-state index contributed by atoms with van der Waals surface area (Å²) in [6.07, 6.45) is 0.796. The van der Waals surface area contributed by atoms with E-state index in [-0.39, 0.29) is 10.8 Å². The number of halogens is 2. The standard InChI is InChI=1S/C11H14Cl2N2O2S/c12-9-3-10(13)5-11(4-9)18(16,17)15-2-1-8(6-14)7-15/h3-5,8H,1-2,6-7,14H2/t8-/m0/s1. The van der Waals surface area contributed by atoms with Gasteiger partial charge in [-0.25, -0.2) is 8.42 Å². The third-order valence-electron chi connectivity index (χ3n) is 3.06. The van der Waals surface area contributed by atoms with E-state index < -0.39 is 10.0 Å². The minimum atomic E-state index is -3.52. The quantitative estimate of drug-likeness (QED) is 0.928. The summed E-state index contributed by atoms with van der Waals surface area (Å²) in [6, 6.07) is 4.34. The summed E-state index contributed by atoms with van der Waals surface area (Å²) in [6.45, 7) is 1.46. The lowest BCUT2D eigenvalue weighted by atomic mass is 10.1. The van der Waals surface area contributed by atoms with Crippen molar-refractivity contribution in [2.24, 2.45) is 11.7 Å². The van der Waals surface area contributed by atoms with Gasteiger partial charge in [-0.2, -0.15) is 4.31 Å². The molecule has 0 radical (unpaired) electrons. The first-order valence-corrected chi connectivity index (χ1v) is 7.79. The maximum absolute atomic E-state index is 12.4. The molecular weight excluding hydrogens is 295 g/mol. The van der Waals surface area contributed by atoms with Crippen molar-refractivity contribution >= 4 is 33.2 Å². The van der Waals surface area contributed by atoms with Gasteiger partial charge in [-0.15, -0.1) is 0 Å². The van der Waals surface area contributed by atoms with Crippen LogP contribution < -0.4 is 5.73 Å². The molecule has 1 saturated heterocycles. The van der Waals surface area contributed by atoms with Crippen LogP contribution in [-0.4, -0.2) is 32.4 Å². The van der Waals surface area contributed by atoms with E-state index in [1.165, 1.54) is 22.5 Å². The van der Waals surface area contributed by atoms with Crippen LogP contribution in [-0.2, 0) is 10.0 Å². The van der Waals surface area contributed by atoms with Crippen LogP contribution in [0.2, 0.25) is 10.0 Å². The van der Waals surface area contributed by atoms with Crippen LogP contribution in [0.1, 0.15) is 6.42 Å². The first-order valence-electron chi connectivity index (χ1n) is 5.60. The van der Waals surface area contributed by atoms with Gasteiger partial charge in [0.1, 0.15) is 0 Å². The van der Waals surface area contributed by atoms with Crippen LogP contribution >= 0.6 is 23.2 Å². The fourth-order valence-electron chi connectivity index (χ4n) is 2.03. The summed E-state index contributed by atoms with van der Waals surface area (Å²) in [4.78, 5) is 0.137. The highest BCUT2D eigenvalue weighted by molar-refractivity contribution is 7.89. The van der Waals surface area contributed by atoms with Gasteiger partial charge in [0.05, 0.1) is 4.90 Å². The molecule has 1 aromatic carbocycles. The van der Waals surface area contributed by atoms with Crippen molar-refractivity contribution in [1.82, 2.24) is 4.31 Å². The van der Waals surface area contributed by atoms with Gasteiger partial charge in [0.25, 0.3) is 0 Å². The highest BCUT2D eigenvalue weighted by Crippen LogP contribution is 2.28. The first-order chi connectivity index (χ1) is 8.43. The molecule has 1 aliphatic heterocycles. The van der Waals surface area contributed by atoms with Crippen molar-refractivity contribution in [1.29, 1.82) is 0 Å². The van der Waals surface area contributed by atoms with Crippen molar-refractivity contribution in [3.8, 4) is 0 Å². The van der Waals surface area contributed by atoms with E-state index in [9.17, 15) is 8.42 Å². The molecule has 0 aliphatic carbocycles. The minimum Gasteiger partial charge on any atom is -0.330 e. The van der Waals surface area contributed by atoms with Crippen molar-refractivity contribution in [2.45, 2.75) is 11.3 Å². The Balaban J connectivity index is 2.31. The maximum Gasteiger partial charge on any atom is 0.243 e. The zero-order valence-electron chi connectivity index (χ0n) is 9.64. The molecule has 0 amide bonds. The SMILES string of the molecule is NC[C@@H]1CCN(S(=O)(=O)c2cc(Cl)cc(Cl)c2)C1. The molecule has 18 heavy (non-hydrogen) atoms. The van der Waals surface area contributed by atoms with E-state index in [2.05, 4.69) is 0 Å².